The van der Waals surface area contributed by atoms with Crippen LogP contribution in [0.25, 0.3) is 0 Å². The van der Waals surface area contributed by atoms with E-state index in [9.17, 15) is 4.39 Å². The van der Waals surface area contributed by atoms with Crippen LogP contribution in [0.3, 0.4) is 0 Å². The van der Waals surface area contributed by atoms with E-state index >= 15 is 8.78 Å². The van der Waals surface area contributed by atoms with Crippen LogP contribution < -0.4 is 11.1 Å². The van der Waals surface area contributed by atoms with Crippen LogP contribution in [-0.2, 0) is 4.74 Å². The molecule has 0 amide bonds. The monoisotopic (exact) mass is 704 g/mol. The Labute approximate surface area is 299 Å². The fraction of sp³-hybridized carbons (Fsp3) is 1.00. The zero-order chi connectivity index (χ0) is 37.1. The number of hydrogen-bond acceptors (Lipinski definition) is 8. The summed E-state index contributed by atoms with van der Waals surface area (Å²) in [4.78, 5) is 11.3. The van der Waals surface area contributed by atoms with Crippen molar-refractivity contribution in [2.45, 2.75) is 154 Å². The van der Waals surface area contributed by atoms with E-state index in [1.807, 2.05) is 0 Å². The first-order chi connectivity index (χ1) is 22.4. The van der Waals surface area contributed by atoms with Gasteiger partial charge in [-0.2, -0.15) is 0 Å². The van der Waals surface area contributed by atoms with Gasteiger partial charge in [-0.25, -0.2) is 13.2 Å². The molecule has 5 fully saturated rings. The fourth-order valence-electron chi connectivity index (χ4n) is 9.00. The molecule has 0 aromatic rings. The van der Waals surface area contributed by atoms with Gasteiger partial charge in [0.2, 0.25) is 0 Å². The van der Waals surface area contributed by atoms with E-state index in [2.05, 4.69) is 113 Å². The van der Waals surface area contributed by atoms with Crippen LogP contribution in [0.1, 0.15) is 102 Å². The number of hydrogen-bond donors (Lipinski definition) is 2. The Morgan fingerprint density at radius 1 is 0.592 bits per heavy atom. The summed E-state index contributed by atoms with van der Waals surface area (Å²) < 4.78 is 49.3. The molecule has 0 aromatic carbocycles. The highest BCUT2D eigenvalue weighted by Gasteiger charge is 2.48. The van der Waals surface area contributed by atoms with E-state index in [-0.39, 0.29) is 23.2 Å². The Balaban J connectivity index is 0.000000202. The Bertz CT molecular complexity index is 949. The summed E-state index contributed by atoms with van der Waals surface area (Å²) >= 11 is 0. The minimum atomic E-state index is -1.16. The molecule has 0 aromatic heterocycles. The van der Waals surface area contributed by atoms with E-state index in [4.69, 9.17) is 10.5 Å². The molecule has 11 heteroatoms. The summed E-state index contributed by atoms with van der Waals surface area (Å²) in [7, 11) is 0. The van der Waals surface area contributed by atoms with E-state index < -0.39 is 17.0 Å². The van der Waals surface area contributed by atoms with Crippen molar-refractivity contribution in [3.63, 3.8) is 0 Å². The van der Waals surface area contributed by atoms with Gasteiger partial charge in [-0.05, 0) is 102 Å². The standard InChI is InChI=1S/C14H28FN3.C14H27FN2O.C10H21FN2/c1-12-9-14(15,11-18(12)13(2,3)4)10-17-7-5-16-6-8-17;1-12-9-14(15,11-17(12)13(2,3)4)10-16-5-7-18-8-6-16;1-8-5-10(11,6-12)7-13(8)9(2,3)4/h12,16H,5-11H2,1-4H3;12H,5-11H2,1-4H3;8H,5-7,12H2,1-4H3/t2*12-,14?;8-,10?/m111/s1. The third kappa shape index (κ3) is 12.5. The van der Waals surface area contributed by atoms with Gasteiger partial charge < -0.3 is 15.8 Å². The largest absolute Gasteiger partial charge is 0.379 e. The zero-order valence-corrected chi connectivity index (χ0v) is 33.6. The van der Waals surface area contributed by atoms with Crippen molar-refractivity contribution in [2.24, 2.45) is 5.73 Å². The van der Waals surface area contributed by atoms with Gasteiger partial charge in [-0.1, -0.05) is 0 Å². The van der Waals surface area contributed by atoms with E-state index in [1.165, 1.54) is 0 Å². The van der Waals surface area contributed by atoms with Crippen LogP contribution in [0.5, 0.6) is 0 Å². The molecule has 0 aliphatic carbocycles. The Hall–Kier alpha value is -0.530. The lowest BCUT2D eigenvalue weighted by molar-refractivity contribution is 0.00493. The molecule has 0 spiro atoms. The first kappa shape index (κ1) is 42.9. The van der Waals surface area contributed by atoms with Crippen LogP contribution in [0.2, 0.25) is 0 Å². The molecule has 5 heterocycles. The molecule has 0 radical (unpaired) electrons. The average molecular weight is 704 g/mol. The molecule has 3 N–H and O–H groups in total. The average Bonchev–Trinajstić information content (AvgIpc) is 3.58. The zero-order valence-electron chi connectivity index (χ0n) is 33.6. The fourth-order valence-corrected chi connectivity index (χ4v) is 9.00. The summed E-state index contributed by atoms with van der Waals surface area (Å²) in [6.45, 7) is 35.9. The van der Waals surface area contributed by atoms with Crippen molar-refractivity contribution < 1.29 is 17.9 Å². The van der Waals surface area contributed by atoms with Crippen LogP contribution in [0, 0.1) is 0 Å². The first-order valence-corrected chi connectivity index (χ1v) is 19.2. The SMILES string of the molecule is C[C@@H]1CC(F)(CN)CN1C(C)(C)C.C[C@@H]1CC(F)(CN2CCNCC2)CN1C(C)(C)C.C[C@@H]1CC(F)(CN2CCOCC2)CN1C(C)(C)C. The number of morpholine rings is 1. The van der Waals surface area contributed by atoms with Gasteiger partial charge in [0.25, 0.3) is 0 Å². The number of nitrogens with two attached hydrogens (primary N) is 1. The second-order valence-electron chi connectivity index (χ2n) is 19.1. The number of piperazine rings is 1. The molecule has 0 saturated carbocycles. The third-order valence-electron chi connectivity index (χ3n) is 11.2. The maximum atomic E-state index is 15.0. The summed E-state index contributed by atoms with van der Waals surface area (Å²) in [5.74, 6) is 0. The van der Waals surface area contributed by atoms with Crippen LogP contribution in [0.4, 0.5) is 13.2 Å². The van der Waals surface area contributed by atoms with Gasteiger partial charge in [-0.3, -0.25) is 24.5 Å². The molecular weight excluding hydrogens is 627 g/mol. The topological polar surface area (TPSA) is 63.5 Å². The van der Waals surface area contributed by atoms with Gasteiger partial charge in [0.05, 0.1) is 13.2 Å². The highest BCUT2D eigenvalue weighted by atomic mass is 19.2. The first-order valence-electron chi connectivity index (χ1n) is 19.2. The second-order valence-corrected chi connectivity index (χ2v) is 19.1. The molecule has 5 saturated heterocycles. The molecule has 0 bridgehead atoms. The van der Waals surface area contributed by atoms with Crippen molar-refractivity contribution in [1.82, 2.24) is 29.8 Å². The number of ether oxygens (including phenoxy) is 1. The highest BCUT2D eigenvalue weighted by Crippen LogP contribution is 2.38. The smallest absolute Gasteiger partial charge is 0.137 e. The summed E-state index contributed by atoms with van der Waals surface area (Å²) in [5, 5.41) is 3.32. The van der Waals surface area contributed by atoms with E-state index in [0.717, 1.165) is 52.5 Å². The van der Waals surface area contributed by atoms with Gasteiger partial charge >= 0.3 is 0 Å². The maximum absolute atomic E-state index is 15.0. The number of likely N-dealkylation sites (tertiary alicyclic amines) is 3. The van der Waals surface area contributed by atoms with Crippen LogP contribution in [0.15, 0.2) is 0 Å². The number of alkyl halides is 3. The number of nitrogens with one attached hydrogen (secondary N) is 1. The molecule has 8 nitrogen and oxygen atoms in total. The normalized spacial score (nSPS) is 36.4. The van der Waals surface area contributed by atoms with Gasteiger partial charge in [-0.15, -0.1) is 0 Å². The quantitative estimate of drug-likeness (QED) is 0.417. The predicted molar refractivity (Wildman–Crippen MR) is 199 cm³/mol. The summed E-state index contributed by atoms with van der Waals surface area (Å²) in [5.41, 5.74) is 2.36. The van der Waals surface area contributed by atoms with Gasteiger partial charge in [0.15, 0.2) is 0 Å². The van der Waals surface area contributed by atoms with Gasteiger partial charge in [0.1, 0.15) is 17.0 Å². The molecule has 3 unspecified atom stereocenters. The Morgan fingerprint density at radius 2 is 0.918 bits per heavy atom. The summed E-state index contributed by atoms with van der Waals surface area (Å²) in [6.07, 6.45) is 1.90. The van der Waals surface area contributed by atoms with Crippen molar-refractivity contribution in [2.75, 3.05) is 91.8 Å². The molecule has 49 heavy (non-hydrogen) atoms. The number of halogens is 3. The Kier molecular flexibility index (Phi) is 14.6. The van der Waals surface area contributed by atoms with Crippen LogP contribution >= 0.6 is 0 Å². The third-order valence-corrected chi connectivity index (χ3v) is 11.2. The lowest BCUT2D eigenvalue weighted by atomic mass is 10.0. The van der Waals surface area contributed by atoms with E-state index in [0.29, 0.717) is 70.1 Å². The van der Waals surface area contributed by atoms with Crippen LogP contribution in [-0.4, -0.2) is 168 Å². The van der Waals surface area contributed by atoms with Crippen molar-refractivity contribution >= 4 is 0 Å². The van der Waals surface area contributed by atoms with Crippen molar-refractivity contribution in [1.29, 1.82) is 0 Å². The highest BCUT2D eigenvalue weighted by molar-refractivity contribution is 5.03. The maximum Gasteiger partial charge on any atom is 0.137 e. The Morgan fingerprint density at radius 3 is 1.22 bits per heavy atom. The molecule has 290 valence electrons. The van der Waals surface area contributed by atoms with Crippen molar-refractivity contribution in [3.05, 3.63) is 0 Å². The predicted octanol–water partition coefficient (Wildman–Crippen LogP) is 4.96. The van der Waals surface area contributed by atoms with Crippen molar-refractivity contribution in [3.8, 4) is 0 Å². The lowest BCUT2D eigenvalue weighted by Gasteiger charge is -2.36. The molecular formula is C38H76F3N7O. The number of nitrogens with zero attached hydrogens (tertiary/aromatic N) is 5. The number of rotatable bonds is 5. The summed E-state index contributed by atoms with van der Waals surface area (Å²) in [6, 6.07) is 0.975. The second kappa shape index (κ2) is 16.6. The molecule has 5 aliphatic rings. The van der Waals surface area contributed by atoms with Gasteiger partial charge in [0, 0.05) is 113 Å². The molecule has 6 atom stereocenters. The molecule has 5 aliphatic heterocycles. The molecule has 5 rings (SSSR count). The van der Waals surface area contributed by atoms with E-state index in [1.54, 1.807) is 0 Å². The minimum absolute atomic E-state index is 0.0441. The minimum Gasteiger partial charge on any atom is -0.379 e. The lowest BCUT2D eigenvalue weighted by Crippen LogP contribution is -2.51.